The van der Waals surface area contributed by atoms with E-state index in [0.29, 0.717) is 13.1 Å². The number of allylic oxidation sites excluding steroid dienone is 6. The molecule has 0 N–H and O–H groups in total. The van der Waals surface area contributed by atoms with Gasteiger partial charge in [0.05, 0.1) is 11.4 Å². The molecule has 0 fully saturated rings. The maximum absolute atomic E-state index is 12.4. The Labute approximate surface area is 203 Å². The Morgan fingerprint density at radius 3 is 2.41 bits per heavy atom. The van der Waals surface area contributed by atoms with E-state index in [-0.39, 0.29) is 6.09 Å². The largest absolute Gasteiger partial charge is 0.458 e. The number of ether oxygens (including phenoxy) is 2. The van der Waals surface area contributed by atoms with E-state index >= 15 is 0 Å². The maximum atomic E-state index is 12.4. The number of hydrogen-bond donors (Lipinski definition) is 0. The molecule has 0 aromatic heterocycles. The zero-order valence-electron chi connectivity index (χ0n) is 21.1. The first-order valence-electron chi connectivity index (χ1n) is 11.9. The van der Waals surface area contributed by atoms with Crippen LogP contribution in [-0.2, 0) is 4.74 Å². The van der Waals surface area contributed by atoms with Crippen molar-refractivity contribution in [2.24, 2.45) is 4.99 Å². The molecule has 0 unspecified atom stereocenters. The molecule has 1 aromatic rings. The normalized spacial score (nSPS) is 17.1. The van der Waals surface area contributed by atoms with Gasteiger partial charge in [-0.1, -0.05) is 24.8 Å². The third-order valence-electron chi connectivity index (χ3n) is 5.42. The molecule has 1 aliphatic heterocycles. The van der Waals surface area contributed by atoms with Crippen LogP contribution in [0.15, 0.2) is 88.8 Å². The van der Waals surface area contributed by atoms with Gasteiger partial charge in [-0.25, -0.2) is 9.79 Å². The van der Waals surface area contributed by atoms with Crippen LogP contribution in [0.3, 0.4) is 0 Å². The molecule has 0 saturated heterocycles. The van der Waals surface area contributed by atoms with Crippen LogP contribution in [0.5, 0.6) is 5.75 Å². The molecule has 0 atom stereocenters. The fraction of sp³-hybridized carbons (Fsp3) is 0.379. The van der Waals surface area contributed by atoms with Crippen molar-refractivity contribution >= 4 is 11.8 Å². The molecule has 5 nitrogen and oxygen atoms in total. The Kier molecular flexibility index (Phi) is 8.32. The Bertz CT molecular complexity index is 1060. The van der Waals surface area contributed by atoms with Crippen molar-refractivity contribution in [2.45, 2.75) is 59.5 Å². The molecule has 2 aliphatic rings. The topological polar surface area (TPSA) is 51.1 Å². The summed E-state index contributed by atoms with van der Waals surface area (Å²) in [6.45, 7) is 14.9. The molecule has 1 amide bonds. The summed E-state index contributed by atoms with van der Waals surface area (Å²) in [7, 11) is 0. The van der Waals surface area contributed by atoms with Crippen molar-refractivity contribution in [3.8, 4) is 5.75 Å². The zero-order valence-corrected chi connectivity index (χ0v) is 21.1. The molecule has 0 bridgehead atoms. The fourth-order valence-electron chi connectivity index (χ4n) is 3.72. The Hall–Kier alpha value is -3.34. The van der Waals surface area contributed by atoms with Gasteiger partial charge in [0.2, 0.25) is 0 Å². The van der Waals surface area contributed by atoms with Crippen LogP contribution in [0.25, 0.3) is 0 Å². The summed E-state index contributed by atoms with van der Waals surface area (Å²) in [6.07, 6.45) is 12.8. The lowest BCUT2D eigenvalue weighted by atomic mass is 10.0. The monoisotopic (exact) mass is 460 g/mol. The number of carbonyl (C=O) groups excluding carboxylic acids is 1. The van der Waals surface area contributed by atoms with Crippen LogP contribution in [0, 0.1) is 0 Å². The van der Waals surface area contributed by atoms with Crippen molar-refractivity contribution in [2.75, 3.05) is 13.1 Å². The van der Waals surface area contributed by atoms with Gasteiger partial charge >= 0.3 is 6.09 Å². The molecule has 180 valence electrons. The first-order chi connectivity index (χ1) is 16.2. The van der Waals surface area contributed by atoms with Gasteiger partial charge in [0, 0.05) is 18.7 Å². The third-order valence-corrected chi connectivity index (χ3v) is 5.42. The number of nitrogens with zero attached hydrogens (tertiary/aromatic N) is 2. The van der Waals surface area contributed by atoms with Gasteiger partial charge < -0.3 is 14.4 Å². The van der Waals surface area contributed by atoms with Crippen molar-refractivity contribution in [3.05, 3.63) is 89.4 Å². The predicted molar refractivity (Wildman–Crippen MR) is 139 cm³/mol. The molecule has 3 rings (SSSR count). The summed E-state index contributed by atoms with van der Waals surface area (Å²) >= 11 is 0. The van der Waals surface area contributed by atoms with E-state index in [2.05, 4.69) is 24.8 Å². The quantitative estimate of drug-likeness (QED) is 0.424. The highest BCUT2D eigenvalue weighted by Gasteiger charge is 2.24. The maximum Gasteiger partial charge on any atom is 0.410 e. The van der Waals surface area contributed by atoms with E-state index in [1.807, 2.05) is 71.0 Å². The highest BCUT2D eigenvalue weighted by Crippen LogP contribution is 2.25. The van der Waals surface area contributed by atoms with E-state index < -0.39 is 5.60 Å². The van der Waals surface area contributed by atoms with Gasteiger partial charge in [0.15, 0.2) is 0 Å². The predicted octanol–water partition coefficient (Wildman–Crippen LogP) is 7.14. The van der Waals surface area contributed by atoms with E-state index in [1.165, 1.54) is 0 Å². The second-order valence-electron chi connectivity index (χ2n) is 9.53. The summed E-state index contributed by atoms with van der Waals surface area (Å²) in [4.78, 5) is 19.1. The summed E-state index contributed by atoms with van der Waals surface area (Å²) in [6, 6.07) is 7.96. The van der Waals surface area contributed by atoms with Gasteiger partial charge in [-0.05, 0) is 101 Å². The molecule has 1 heterocycles. The molecular formula is C29H36N2O3. The molecular weight excluding hydrogens is 424 g/mol. The van der Waals surface area contributed by atoms with Gasteiger partial charge in [-0.15, -0.1) is 0 Å². The van der Waals surface area contributed by atoms with Crippen molar-refractivity contribution in [1.82, 2.24) is 4.90 Å². The summed E-state index contributed by atoms with van der Waals surface area (Å²) in [5.41, 5.74) is 4.24. The smallest absolute Gasteiger partial charge is 0.410 e. The molecule has 34 heavy (non-hydrogen) atoms. The average molecular weight is 461 g/mol. The first-order valence-corrected chi connectivity index (χ1v) is 11.9. The minimum atomic E-state index is -0.499. The molecule has 5 heteroatoms. The van der Waals surface area contributed by atoms with Crippen LogP contribution in [0.1, 0.15) is 59.4 Å². The average Bonchev–Trinajstić information content (AvgIpc) is 2.80. The van der Waals surface area contributed by atoms with Gasteiger partial charge in [-0.2, -0.15) is 0 Å². The lowest BCUT2D eigenvalue weighted by Crippen LogP contribution is -2.39. The SMILES string of the molecule is C=C(C)C(=N/C(=C\C)C1=CCN(C(=O)OC(C)(C)C)CC1)c1ccc(OC2=CCCC=C2)cc1. The van der Waals surface area contributed by atoms with E-state index in [9.17, 15) is 4.79 Å². The third kappa shape index (κ3) is 7.08. The number of hydrogen-bond acceptors (Lipinski definition) is 4. The number of benzene rings is 1. The van der Waals surface area contributed by atoms with Crippen LogP contribution >= 0.6 is 0 Å². The zero-order chi connectivity index (χ0) is 24.7. The molecule has 0 radical (unpaired) electrons. The number of amides is 1. The van der Waals surface area contributed by atoms with Crippen LogP contribution < -0.4 is 4.74 Å². The Morgan fingerprint density at radius 1 is 1.15 bits per heavy atom. The molecule has 0 saturated carbocycles. The molecule has 1 aliphatic carbocycles. The highest BCUT2D eigenvalue weighted by molar-refractivity contribution is 6.12. The highest BCUT2D eigenvalue weighted by atomic mass is 16.6. The Morgan fingerprint density at radius 2 is 1.88 bits per heavy atom. The minimum absolute atomic E-state index is 0.280. The standard InChI is InChI=1S/C29H36N2O3/c1-7-26(22-17-19-31(20-18-22)28(32)34-29(4,5)6)30-27(21(2)3)23-13-15-25(16-14-23)33-24-11-9-8-10-12-24/h7,9,11-17H,2,8,10,18-20H2,1,3-6H3/b26-7-,30-27?. The van der Waals surface area contributed by atoms with Crippen LogP contribution in [-0.4, -0.2) is 35.4 Å². The molecule has 0 spiro atoms. The van der Waals surface area contributed by atoms with Crippen LogP contribution in [0.2, 0.25) is 0 Å². The van der Waals surface area contributed by atoms with E-state index in [0.717, 1.165) is 58.9 Å². The van der Waals surface area contributed by atoms with Crippen molar-refractivity contribution < 1.29 is 14.3 Å². The van der Waals surface area contributed by atoms with Crippen LogP contribution in [0.4, 0.5) is 4.79 Å². The van der Waals surface area contributed by atoms with Gasteiger partial charge in [0.1, 0.15) is 17.1 Å². The lowest BCUT2D eigenvalue weighted by molar-refractivity contribution is 0.0266. The first kappa shape index (κ1) is 25.3. The number of rotatable bonds is 6. The second kappa shape index (κ2) is 11.2. The lowest BCUT2D eigenvalue weighted by Gasteiger charge is -2.29. The second-order valence-corrected chi connectivity index (χ2v) is 9.53. The number of carbonyl (C=O) groups is 1. The van der Waals surface area contributed by atoms with Gasteiger partial charge in [0.25, 0.3) is 0 Å². The van der Waals surface area contributed by atoms with E-state index in [4.69, 9.17) is 14.5 Å². The van der Waals surface area contributed by atoms with E-state index in [1.54, 1.807) is 4.90 Å². The minimum Gasteiger partial charge on any atom is -0.458 e. The Balaban J connectivity index is 1.74. The number of aliphatic imine (C=N–C) groups is 1. The summed E-state index contributed by atoms with van der Waals surface area (Å²) in [5, 5.41) is 0. The van der Waals surface area contributed by atoms with Crippen molar-refractivity contribution in [1.29, 1.82) is 0 Å². The molecule has 1 aromatic carbocycles. The summed E-state index contributed by atoms with van der Waals surface area (Å²) < 4.78 is 11.5. The van der Waals surface area contributed by atoms with Gasteiger partial charge in [-0.3, -0.25) is 0 Å². The summed E-state index contributed by atoms with van der Waals surface area (Å²) in [5.74, 6) is 1.68. The fourth-order valence-corrected chi connectivity index (χ4v) is 3.72. The van der Waals surface area contributed by atoms with Crippen molar-refractivity contribution in [3.63, 3.8) is 0 Å².